The van der Waals surface area contributed by atoms with Crippen LogP contribution in [0, 0.1) is 5.82 Å². The summed E-state index contributed by atoms with van der Waals surface area (Å²) in [5.41, 5.74) is 1.26. The molecule has 0 spiro atoms. The first kappa shape index (κ1) is 11.4. The Bertz CT molecular complexity index is 502. The van der Waals surface area contributed by atoms with Gasteiger partial charge in [0.15, 0.2) is 11.6 Å². The summed E-state index contributed by atoms with van der Waals surface area (Å²) in [6.45, 7) is -3.03. The highest BCUT2D eigenvalue weighted by atomic mass is 19.3. The molecule has 0 aliphatic rings. The average Bonchev–Trinajstić information content (AvgIpc) is 2.32. The Morgan fingerprint density at radius 2 is 1.94 bits per heavy atom. The smallest absolute Gasteiger partial charge is 0.387 e. The number of pyridine rings is 1. The molecule has 17 heavy (non-hydrogen) atoms. The molecule has 0 aliphatic carbocycles. The summed E-state index contributed by atoms with van der Waals surface area (Å²) in [7, 11) is 0. The lowest BCUT2D eigenvalue weighted by Gasteiger charge is -2.07. The zero-order chi connectivity index (χ0) is 12.3. The number of hydrogen-bond donors (Lipinski definition) is 0. The number of ether oxygens (including phenoxy) is 1. The van der Waals surface area contributed by atoms with E-state index < -0.39 is 18.2 Å². The highest BCUT2D eigenvalue weighted by molar-refractivity contribution is 5.63. The molecule has 0 unspecified atom stereocenters. The molecule has 0 aliphatic heterocycles. The van der Waals surface area contributed by atoms with Crippen LogP contribution in [0.15, 0.2) is 42.7 Å². The van der Waals surface area contributed by atoms with E-state index in [0.717, 1.165) is 6.07 Å². The number of hydrogen-bond acceptors (Lipinski definition) is 2. The standard InChI is InChI=1S/C12H8F3NO/c13-10-6-8(9-2-1-5-16-7-9)3-4-11(10)17-12(14)15/h1-7,12H. The van der Waals surface area contributed by atoms with Crippen LogP contribution in [-0.2, 0) is 0 Å². The molecule has 0 saturated carbocycles. The van der Waals surface area contributed by atoms with E-state index in [1.807, 2.05) is 0 Å². The first-order valence-electron chi connectivity index (χ1n) is 4.81. The monoisotopic (exact) mass is 239 g/mol. The van der Waals surface area contributed by atoms with Gasteiger partial charge in [-0.2, -0.15) is 8.78 Å². The first-order chi connectivity index (χ1) is 8.16. The van der Waals surface area contributed by atoms with E-state index in [4.69, 9.17) is 0 Å². The van der Waals surface area contributed by atoms with Gasteiger partial charge >= 0.3 is 6.61 Å². The number of rotatable bonds is 3. The maximum Gasteiger partial charge on any atom is 0.387 e. The molecule has 0 atom stereocenters. The molecule has 0 amide bonds. The predicted octanol–water partition coefficient (Wildman–Crippen LogP) is 3.49. The number of halogens is 3. The van der Waals surface area contributed by atoms with Gasteiger partial charge in [0.25, 0.3) is 0 Å². The molecule has 0 saturated heterocycles. The number of nitrogens with zero attached hydrogens (tertiary/aromatic N) is 1. The van der Waals surface area contributed by atoms with Crippen molar-refractivity contribution in [1.29, 1.82) is 0 Å². The Morgan fingerprint density at radius 1 is 1.12 bits per heavy atom. The van der Waals surface area contributed by atoms with Crippen LogP contribution in [0.3, 0.4) is 0 Å². The second-order valence-corrected chi connectivity index (χ2v) is 3.27. The van der Waals surface area contributed by atoms with Crippen LogP contribution in [0.25, 0.3) is 11.1 Å². The lowest BCUT2D eigenvalue weighted by atomic mass is 10.1. The van der Waals surface area contributed by atoms with Crippen molar-refractivity contribution < 1.29 is 17.9 Å². The molecule has 1 aromatic heterocycles. The minimum Gasteiger partial charge on any atom is -0.432 e. The van der Waals surface area contributed by atoms with E-state index in [1.165, 1.54) is 12.1 Å². The zero-order valence-corrected chi connectivity index (χ0v) is 8.61. The lowest BCUT2D eigenvalue weighted by Crippen LogP contribution is -2.03. The van der Waals surface area contributed by atoms with Gasteiger partial charge in [-0.15, -0.1) is 0 Å². The molecule has 0 N–H and O–H groups in total. The highest BCUT2D eigenvalue weighted by Gasteiger charge is 2.10. The Morgan fingerprint density at radius 3 is 2.53 bits per heavy atom. The normalized spacial score (nSPS) is 10.6. The summed E-state index contributed by atoms with van der Waals surface area (Å²) in [4.78, 5) is 3.89. The van der Waals surface area contributed by atoms with Gasteiger partial charge < -0.3 is 4.74 Å². The predicted molar refractivity (Wildman–Crippen MR) is 56.3 cm³/mol. The Labute approximate surface area is 95.7 Å². The van der Waals surface area contributed by atoms with Gasteiger partial charge in [-0.3, -0.25) is 4.98 Å². The summed E-state index contributed by atoms with van der Waals surface area (Å²) < 4.78 is 41.3. The molecule has 2 aromatic rings. The van der Waals surface area contributed by atoms with Gasteiger partial charge in [0, 0.05) is 18.0 Å². The van der Waals surface area contributed by atoms with Crippen molar-refractivity contribution in [2.24, 2.45) is 0 Å². The van der Waals surface area contributed by atoms with Crippen molar-refractivity contribution in [1.82, 2.24) is 4.98 Å². The largest absolute Gasteiger partial charge is 0.432 e. The van der Waals surface area contributed by atoms with E-state index in [9.17, 15) is 13.2 Å². The Kier molecular flexibility index (Phi) is 3.27. The van der Waals surface area contributed by atoms with Crippen LogP contribution in [0.4, 0.5) is 13.2 Å². The number of alkyl halides is 2. The zero-order valence-electron chi connectivity index (χ0n) is 8.61. The van der Waals surface area contributed by atoms with E-state index in [0.29, 0.717) is 11.1 Å². The fraction of sp³-hybridized carbons (Fsp3) is 0.0833. The maximum absolute atomic E-state index is 13.4. The quantitative estimate of drug-likeness (QED) is 0.817. The van der Waals surface area contributed by atoms with Crippen LogP contribution < -0.4 is 4.74 Å². The highest BCUT2D eigenvalue weighted by Crippen LogP contribution is 2.25. The van der Waals surface area contributed by atoms with Gasteiger partial charge in [0.05, 0.1) is 0 Å². The fourth-order valence-corrected chi connectivity index (χ4v) is 1.41. The van der Waals surface area contributed by atoms with E-state index in [-0.39, 0.29) is 0 Å². The summed E-state index contributed by atoms with van der Waals surface area (Å²) in [6.07, 6.45) is 3.15. The Balaban J connectivity index is 2.31. The van der Waals surface area contributed by atoms with Crippen molar-refractivity contribution in [3.05, 3.63) is 48.5 Å². The van der Waals surface area contributed by atoms with Gasteiger partial charge in [-0.05, 0) is 23.8 Å². The summed E-state index contributed by atoms with van der Waals surface area (Å²) in [5, 5.41) is 0. The van der Waals surface area contributed by atoms with Crippen molar-refractivity contribution in [3.8, 4) is 16.9 Å². The topological polar surface area (TPSA) is 22.1 Å². The van der Waals surface area contributed by atoms with E-state index in [1.54, 1.807) is 24.5 Å². The summed E-state index contributed by atoms with van der Waals surface area (Å²) in [5.74, 6) is -1.29. The van der Waals surface area contributed by atoms with E-state index >= 15 is 0 Å². The molecule has 0 bridgehead atoms. The third kappa shape index (κ3) is 2.75. The molecular weight excluding hydrogens is 231 g/mol. The SMILES string of the molecule is Fc1cc(-c2cccnc2)ccc1OC(F)F. The van der Waals surface area contributed by atoms with Crippen molar-refractivity contribution >= 4 is 0 Å². The Hall–Kier alpha value is -2.04. The molecule has 1 aromatic carbocycles. The van der Waals surface area contributed by atoms with Gasteiger partial charge in [-0.25, -0.2) is 4.39 Å². The van der Waals surface area contributed by atoms with Crippen LogP contribution in [0.1, 0.15) is 0 Å². The maximum atomic E-state index is 13.4. The van der Waals surface area contributed by atoms with Crippen LogP contribution in [-0.4, -0.2) is 11.6 Å². The molecule has 0 fully saturated rings. The number of aromatic nitrogens is 1. The van der Waals surface area contributed by atoms with Crippen LogP contribution >= 0.6 is 0 Å². The fourth-order valence-electron chi connectivity index (χ4n) is 1.41. The van der Waals surface area contributed by atoms with Crippen molar-refractivity contribution in [3.63, 3.8) is 0 Å². The van der Waals surface area contributed by atoms with E-state index in [2.05, 4.69) is 9.72 Å². The summed E-state index contributed by atoms with van der Waals surface area (Å²) in [6, 6.07) is 7.25. The van der Waals surface area contributed by atoms with Gasteiger partial charge in [-0.1, -0.05) is 12.1 Å². The molecule has 1 heterocycles. The minimum atomic E-state index is -3.03. The molecule has 2 rings (SSSR count). The summed E-state index contributed by atoms with van der Waals surface area (Å²) >= 11 is 0. The second-order valence-electron chi connectivity index (χ2n) is 3.27. The molecule has 5 heteroatoms. The lowest BCUT2D eigenvalue weighted by molar-refractivity contribution is -0.0521. The molecule has 88 valence electrons. The molecular formula is C12H8F3NO. The second kappa shape index (κ2) is 4.86. The first-order valence-corrected chi connectivity index (χ1v) is 4.81. The van der Waals surface area contributed by atoms with Gasteiger partial charge in [0.1, 0.15) is 0 Å². The van der Waals surface area contributed by atoms with Crippen LogP contribution in [0.5, 0.6) is 5.75 Å². The minimum absolute atomic E-state index is 0.465. The molecule has 2 nitrogen and oxygen atoms in total. The molecule has 0 radical (unpaired) electrons. The van der Waals surface area contributed by atoms with Gasteiger partial charge in [0.2, 0.25) is 0 Å². The van der Waals surface area contributed by atoms with Crippen molar-refractivity contribution in [2.75, 3.05) is 0 Å². The van der Waals surface area contributed by atoms with Crippen molar-refractivity contribution in [2.45, 2.75) is 6.61 Å². The third-order valence-electron chi connectivity index (χ3n) is 2.14. The third-order valence-corrected chi connectivity index (χ3v) is 2.14. The average molecular weight is 239 g/mol. The van der Waals surface area contributed by atoms with Crippen LogP contribution in [0.2, 0.25) is 0 Å². The number of benzene rings is 1.